The van der Waals surface area contributed by atoms with E-state index in [9.17, 15) is 18.0 Å². The molecule has 1 aromatic carbocycles. The van der Waals surface area contributed by atoms with Gasteiger partial charge in [-0.1, -0.05) is 12.5 Å². The van der Waals surface area contributed by atoms with Gasteiger partial charge in [0.25, 0.3) is 0 Å². The van der Waals surface area contributed by atoms with Crippen molar-refractivity contribution in [3.63, 3.8) is 0 Å². The summed E-state index contributed by atoms with van der Waals surface area (Å²) in [4.78, 5) is 12.2. The summed E-state index contributed by atoms with van der Waals surface area (Å²) in [6.45, 7) is 3.33. The Morgan fingerprint density at radius 1 is 1.35 bits per heavy atom. The van der Waals surface area contributed by atoms with Crippen molar-refractivity contribution in [3.05, 3.63) is 29.3 Å². The van der Waals surface area contributed by atoms with Crippen LogP contribution in [0.5, 0.6) is 5.75 Å². The number of rotatable bonds is 5. The largest absolute Gasteiger partial charge is 0.491 e. The molecule has 1 aromatic rings. The van der Waals surface area contributed by atoms with E-state index in [1.807, 2.05) is 0 Å². The van der Waals surface area contributed by atoms with E-state index in [4.69, 9.17) is 10.5 Å². The van der Waals surface area contributed by atoms with Crippen LogP contribution < -0.4 is 15.8 Å². The van der Waals surface area contributed by atoms with Gasteiger partial charge < -0.3 is 15.8 Å². The molecule has 4 nitrogen and oxygen atoms in total. The molecule has 0 heterocycles. The van der Waals surface area contributed by atoms with E-state index < -0.39 is 11.7 Å². The lowest BCUT2D eigenvalue weighted by molar-refractivity contribution is -0.138. The van der Waals surface area contributed by atoms with Gasteiger partial charge in [-0.15, -0.1) is 12.4 Å². The summed E-state index contributed by atoms with van der Waals surface area (Å²) in [6, 6.07) is 3.82. The Hall–Kier alpha value is -1.47. The van der Waals surface area contributed by atoms with Gasteiger partial charge in [0, 0.05) is 18.5 Å². The number of hydrogen-bond donors (Lipinski definition) is 2. The molecule has 0 saturated heterocycles. The quantitative estimate of drug-likeness (QED) is 0.791. The molecule has 0 aromatic heterocycles. The summed E-state index contributed by atoms with van der Waals surface area (Å²) < 4.78 is 45.3. The van der Waals surface area contributed by atoms with Crippen molar-refractivity contribution in [2.24, 2.45) is 11.7 Å². The lowest BCUT2D eigenvalue weighted by Crippen LogP contribution is -2.37. The second kappa shape index (κ2) is 9.46. The fourth-order valence-electron chi connectivity index (χ4n) is 3.11. The number of ether oxygens (including phenoxy) is 1. The topological polar surface area (TPSA) is 64.3 Å². The first-order valence-corrected chi connectivity index (χ1v) is 8.57. The molecule has 0 spiro atoms. The summed E-state index contributed by atoms with van der Waals surface area (Å²) in [5, 5.41) is 2.63. The molecule has 2 unspecified atom stereocenters. The SMILES string of the molecule is CC(C)Oc1ccc(CNC(=O)C2CCCC(N)C2)c(C(F)(F)F)c1.Cl. The Kier molecular flexibility index (Phi) is 8.21. The molecule has 1 saturated carbocycles. The van der Waals surface area contributed by atoms with Crippen LogP contribution >= 0.6 is 12.4 Å². The second-order valence-electron chi connectivity index (χ2n) is 6.82. The van der Waals surface area contributed by atoms with E-state index in [0.717, 1.165) is 25.3 Å². The number of halogens is 4. The standard InChI is InChI=1S/C18H25F3N2O2.ClH/c1-11(2)25-15-7-6-13(16(9-15)18(19,20)21)10-23-17(24)12-4-3-5-14(22)8-12;/h6-7,9,11-12,14H,3-5,8,10,22H2,1-2H3,(H,23,24);1H. The Morgan fingerprint density at radius 2 is 2.04 bits per heavy atom. The maximum absolute atomic E-state index is 13.3. The first-order chi connectivity index (χ1) is 11.7. The molecule has 1 amide bonds. The fraction of sp³-hybridized carbons (Fsp3) is 0.611. The zero-order valence-electron chi connectivity index (χ0n) is 14.9. The summed E-state index contributed by atoms with van der Waals surface area (Å²) in [5.41, 5.74) is 5.10. The predicted molar refractivity (Wildman–Crippen MR) is 96.2 cm³/mol. The molecule has 0 aliphatic heterocycles. The van der Waals surface area contributed by atoms with E-state index in [-0.39, 0.29) is 54.2 Å². The van der Waals surface area contributed by atoms with Crippen molar-refractivity contribution < 1.29 is 22.7 Å². The van der Waals surface area contributed by atoms with Gasteiger partial charge in [-0.3, -0.25) is 4.79 Å². The normalized spacial score (nSPS) is 20.4. The highest BCUT2D eigenvalue weighted by Crippen LogP contribution is 2.35. The number of nitrogens with two attached hydrogens (primary N) is 1. The lowest BCUT2D eigenvalue weighted by Gasteiger charge is -2.26. The minimum atomic E-state index is -4.51. The van der Waals surface area contributed by atoms with Crippen LogP contribution in [-0.2, 0) is 17.5 Å². The average molecular weight is 395 g/mol. The molecule has 0 bridgehead atoms. The molecule has 3 N–H and O–H groups in total. The van der Waals surface area contributed by atoms with Gasteiger partial charge >= 0.3 is 6.18 Å². The van der Waals surface area contributed by atoms with Gasteiger partial charge in [0.05, 0.1) is 11.7 Å². The summed E-state index contributed by atoms with van der Waals surface area (Å²) >= 11 is 0. The van der Waals surface area contributed by atoms with Crippen molar-refractivity contribution in [1.29, 1.82) is 0 Å². The maximum atomic E-state index is 13.3. The van der Waals surface area contributed by atoms with E-state index in [1.54, 1.807) is 13.8 Å². The lowest BCUT2D eigenvalue weighted by atomic mass is 9.85. The van der Waals surface area contributed by atoms with E-state index in [2.05, 4.69) is 5.32 Å². The molecule has 1 aliphatic carbocycles. The fourth-order valence-corrected chi connectivity index (χ4v) is 3.11. The van der Waals surface area contributed by atoms with Crippen LogP contribution in [0.3, 0.4) is 0 Å². The summed E-state index contributed by atoms with van der Waals surface area (Å²) in [5.74, 6) is -0.289. The van der Waals surface area contributed by atoms with Gasteiger partial charge in [-0.05, 0) is 50.8 Å². The van der Waals surface area contributed by atoms with Crippen molar-refractivity contribution in [3.8, 4) is 5.75 Å². The van der Waals surface area contributed by atoms with Crippen LogP contribution in [0.15, 0.2) is 18.2 Å². The third-order valence-electron chi connectivity index (χ3n) is 4.30. The Balaban J connectivity index is 0.00000338. The number of carbonyl (C=O) groups is 1. The van der Waals surface area contributed by atoms with Crippen molar-refractivity contribution >= 4 is 18.3 Å². The van der Waals surface area contributed by atoms with Gasteiger partial charge in [0.2, 0.25) is 5.91 Å². The van der Waals surface area contributed by atoms with Crippen LogP contribution in [0.1, 0.15) is 50.7 Å². The minimum Gasteiger partial charge on any atom is -0.491 e. The molecule has 2 atom stereocenters. The Bertz CT molecular complexity index is 609. The average Bonchev–Trinajstić information content (AvgIpc) is 2.51. The number of benzene rings is 1. The molecule has 2 rings (SSSR count). The number of amides is 1. The van der Waals surface area contributed by atoms with Crippen LogP contribution in [0.4, 0.5) is 13.2 Å². The minimum absolute atomic E-state index is 0. The van der Waals surface area contributed by atoms with E-state index in [0.29, 0.717) is 6.42 Å². The summed E-state index contributed by atoms with van der Waals surface area (Å²) in [7, 11) is 0. The van der Waals surface area contributed by atoms with Crippen molar-refractivity contribution in [1.82, 2.24) is 5.32 Å². The molecular formula is C18H26ClF3N2O2. The molecule has 8 heteroatoms. The van der Waals surface area contributed by atoms with E-state index >= 15 is 0 Å². The third kappa shape index (κ3) is 6.36. The second-order valence-corrected chi connectivity index (χ2v) is 6.82. The molecule has 1 fully saturated rings. The van der Waals surface area contributed by atoms with Gasteiger partial charge in [-0.25, -0.2) is 0 Å². The first kappa shape index (κ1) is 22.6. The number of nitrogens with one attached hydrogen (secondary N) is 1. The van der Waals surface area contributed by atoms with Crippen molar-refractivity contribution in [2.75, 3.05) is 0 Å². The molecule has 26 heavy (non-hydrogen) atoms. The third-order valence-corrected chi connectivity index (χ3v) is 4.30. The predicted octanol–water partition coefficient (Wildman–Crippen LogP) is 4.05. The zero-order chi connectivity index (χ0) is 18.6. The number of alkyl halides is 3. The molecule has 1 aliphatic rings. The van der Waals surface area contributed by atoms with Crippen LogP contribution in [0.2, 0.25) is 0 Å². The monoisotopic (exact) mass is 394 g/mol. The van der Waals surface area contributed by atoms with Crippen LogP contribution in [-0.4, -0.2) is 18.1 Å². The summed E-state index contributed by atoms with van der Waals surface area (Å²) in [6.07, 6.45) is -1.66. The molecular weight excluding hydrogens is 369 g/mol. The highest BCUT2D eigenvalue weighted by Gasteiger charge is 2.34. The highest BCUT2D eigenvalue weighted by molar-refractivity contribution is 5.85. The zero-order valence-corrected chi connectivity index (χ0v) is 15.8. The maximum Gasteiger partial charge on any atom is 0.416 e. The Morgan fingerprint density at radius 3 is 2.62 bits per heavy atom. The van der Waals surface area contributed by atoms with Crippen LogP contribution in [0.25, 0.3) is 0 Å². The molecule has 148 valence electrons. The number of carbonyl (C=O) groups excluding carboxylic acids is 1. The van der Waals surface area contributed by atoms with Gasteiger partial charge in [0.15, 0.2) is 0 Å². The van der Waals surface area contributed by atoms with E-state index in [1.165, 1.54) is 12.1 Å². The smallest absolute Gasteiger partial charge is 0.416 e. The van der Waals surface area contributed by atoms with Crippen molar-refractivity contribution in [2.45, 2.75) is 64.4 Å². The highest BCUT2D eigenvalue weighted by atomic mass is 35.5. The number of hydrogen-bond acceptors (Lipinski definition) is 3. The van der Waals surface area contributed by atoms with Gasteiger partial charge in [-0.2, -0.15) is 13.2 Å². The Labute approximate surface area is 158 Å². The molecule has 0 radical (unpaired) electrons. The first-order valence-electron chi connectivity index (χ1n) is 8.57. The van der Waals surface area contributed by atoms with Crippen LogP contribution in [0, 0.1) is 5.92 Å². The van der Waals surface area contributed by atoms with Gasteiger partial charge in [0.1, 0.15) is 5.75 Å².